The van der Waals surface area contributed by atoms with Gasteiger partial charge in [-0.25, -0.2) is 14.6 Å². The quantitative estimate of drug-likeness (QED) is 0.301. The van der Waals surface area contributed by atoms with E-state index in [-0.39, 0.29) is 6.54 Å². The lowest BCUT2D eigenvalue weighted by atomic mass is 10.3. The zero-order valence-corrected chi connectivity index (χ0v) is 7.76. The highest BCUT2D eigenvalue weighted by molar-refractivity contribution is 6.13. The van der Waals surface area contributed by atoms with Crippen LogP contribution in [0.25, 0.3) is 0 Å². The Kier molecular flexibility index (Phi) is 6.73. The molecule has 0 amide bonds. The molecule has 70 valence electrons. The van der Waals surface area contributed by atoms with Crippen LogP contribution in [0, 0.1) is 0 Å². The van der Waals surface area contributed by atoms with Crippen molar-refractivity contribution in [3.05, 3.63) is 0 Å². The number of ether oxygens (including phenoxy) is 1. The van der Waals surface area contributed by atoms with E-state index >= 15 is 0 Å². The lowest BCUT2D eigenvalue weighted by molar-refractivity contribution is -0.142. The van der Waals surface area contributed by atoms with Gasteiger partial charge in [-0.1, -0.05) is 5.22 Å². The second-order valence-corrected chi connectivity index (χ2v) is 2.11. The van der Waals surface area contributed by atoms with Crippen LogP contribution in [0.4, 0.5) is 0 Å². The maximum absolute atomic E-state index is 10.9. The van der Waals surface area contributed by atoms with Crippen LogP contribution < -0.4 is 9.78 Å². The molecule has 2 N–H and O–H groups in total. The average Bonchev–Trinajstić information content (AvgIpc) is 2.11. The molecular formula is C4H8Cl2N4O2. The summed E-state index contributed by atoms with van der Waals surface area (Å²) in [7, 11) is 1.24. The maximum atomic E-state index is 10.9. The summed E-state index contributed by atoms with van der Waals surface area (Å²) in [6, 6.07) is -0.793. The summed E-state index contributed by atoms with van der Waals surface area (Å²) in [5.74, 6) is -0.543. The fourth-order valence-corrected chi connectivity index (χ4v) is 0.662. The number of nitrogens with zero attached hydrogens (tertiary/aromatic N) is 2. The highest BCUT2D eigenvalue weighted by atomic mass is 35.5. The first-order valence-corrected chi connectivity index (χ1v) is 3.68. The van der Waals surface area contributed by atoms with Gasteiger partial charge in [-0.3, -0.25) is 0 Å². The molecule has 6 nitrogen and oxygen atoms in total. The summed E-state index contributed by atoms with van der Waals surface area (Å²) in [5, 5.41) is 6.66. The molecule has 12 heavy (non-hydrogen) atoms. The number of nitrogens with one attached hydrogen (secondary N) is 2. The van der Waals surface area contributed by atoms with Crippen LogP contribution in [0.3, 0.4) is 0 Å². The Morgan fingerprint density at radius 3 is 2.75 bits per heavy atom. The Balaban J connectivity index is 4.02. The smallest absolute Gasteiger partial charge is 0.334 e. The van der Waals surface area contributed by atoms with Gasteiger partial charge in [0, 0.05) is 18.3 Å². The largest absolute Gasteiger partial charge is 0.467 e. The van der Waals surface area contributed by atoms with Crippen molar-refractivity contribution in [2.75, 3.05) is 13.7 Å². The molecule has 0 aromatic heterocycles. The molecule has 0 saturated carbocycles. The Bertz CT molecular complexity index is 165. The van der Waals surface area contributed by atoms with Gasteiger partial charge in [0.15, 0.2) is 6.04 Å². The number of methoxy groups -OCH3 is 1. The van der Waals surface area contributed by atoms with E-state index in [0.717, 1.165) is 0 Å². The molecule has 0 aliphatic rings. The first kappa shape index (κ1) is 11.4. The van der Waals surface area contributed by atoms with Crippen LogP contribution in [0.5, 0.6) is 0 Å². The summed E-state index contributed by atoms with van der Waals surface area (Å²) in [6.07, 6.45) is 0. The molecule has 0 saturated heterocycles. The first-order valence-electron chi connectivity index (χ1n) is 2.93. The average molecular weight is 215 g/mol. The monoisotopic (exact) mass is 214 g/mol. The summed E-state index contributed by atoms with van der Waals surface area (Å²) in [6.45, 7) is 0.121. The van der Waals surface area contributed by atoms with Crippen molar-refractivity contribution in [1.82, 2.24) is 9.78 Å². The van der Waals surface area contributed by atoms with Gasteiger partial charge in [0.2, 0.25) is 0 Å². The lowest BCUT2D eigenvalue weighted by Crippen LogP contribution is -2.28. The number of esters is 1. The normalized spacial score (nSPS) is 12.9. The minimum absolute atomic E-state index is 0.121. The Labute approximate surface area is 79.5 Å². The summed E-state index contributed by atoms with van der Waals surface area (Å²) in [5.41, 5.74) is 0. The zero-order chi connectivity index (χ0) is 9.40. The molecule has 0 radical (unpaired) electrons. The van der Waals surface area contributed by atoms with Gasteiger partial charge in [-0.2, -0.15) is 5.11 Å². The number of carbonyl (C=O) groups is 1. The van der Waals surface area contributed by atoms with Gasteiger partial charge in [0.1, 0.15) is 0 Å². The van der Waals surface area contributed by atoms with Gasteiger partial charge in [-0.15, -0.1) is 0 Å². The highest BCUT2D eigenvalue weighted by Crippen LogP contribution is 1.94. The Hall–Kier alpha value is -0.590. The third-order valence-corrected chi connectivity index (χ3v) is 1.21. The Morgan fingerprint density at radius 2 is 2.33 bits per heavy atom. The van der Waals surface area contributed by atoms with Crippen LogP contribution in [0.15, 0.2) is 10.3 Å². The molecule has 0 spiro atoms. The molecule has 0 aromatic rings. The van der Waals surface area contributed by atoms with E-state index in [0.29, 0.717) is 0 Å². The predicted octanol–water partition coefficient (Wildman–Crippen LogP) is 0.382. The number of hydrogen-bond acceptors (Lipinski definition) is 5. The summed E-state index contributed by atoms with van der Waals surface area (Å²) in [4.78, 5) is 15.0. The van der Waals surface area contributed by atoms with Gasteiger partial charge in [0.25, 0.3) is 0 Å². The van der Waals surface area contributed by atoms with E-state index < -0.39 is 12.0 Å². The van der Waals surface area contributed by atoms with Crippen molar-refractivity contribution in [3.8, 4) is 0 Å². The molecule has 0 fully saturated rings. The number of hydrogen-bond donors (Lipinski definition) is 2. The second kappa shape index (κ2) is 7.08. The fraction of sp³-hybridized carbons (Fsp3) is 0.750. The van der Waals surface area contributed by atoms with Crippen molar-refractivity contribution in [1.29, 1.82) is 0 Å². The van der Waals surface area contributed by atoms with Gasteiger partial charge >= 0.3 is 5.97 Å². The van der Waals surface area contributed by atoms with Crippen LogP contribution >= 0.6 is 23.6 Å². The minimum atomic E-state index is -0.793. The molecule has 0 aliphatic carbocycles. The topological polar surface area (TPSA) is 75.1 Å². The standard InChI is InChI=1S/C4H8Cl2N4O2/c1-12-4(11)3(2-7-5)8-10-9-6/h3,7H,2H2,1H3,(H,8,9). The predicted molar refractivity (Wildman–Crippen MR) is 43.5 cm³/mol. The van der Waals surface area contributed by atoms with Crippen molar-refractivity contribution >= 4 is 29.5 Å². The number of carbonyl (C=O) groups excluding carboxylic acids is 1. The fourth-order valence-electron chi connectivity index (χ4n) is 0.472. The SMILES string of the molecule is COC(=O)C(CNCl)N=NNCl. The van der Waals surface area contributed by atoms with Gasteiger partial charge < -0.3 is 4.74 Å². The molecule has 0 rings (SSSR count). The molecule has 0 aromatic carbocycles. The second-order valence-electron chi connectivity index (χ2n) is 1.68. The Morgan fingerprint density at radius 1 is 1.67 bits per heavy atom. The van der Waals surface area contributed by atoms with E-state index in [1.807, 2.05) is 4.94 Å². The van der Waals surface area contributed by atoms with E-state index in [1.165, 1.54) is 7.11 Å². The van der Waals surface area contributed by atoms with E-state index in [1.54, 1.807) is 0 Å². The van der Waals surface area contributed by atoms with Crippen LogP contribution in [-0.4, -0.2) is 25.7 Å². The van der Waals surface area contributed by atoms with Gasteiger partial charge in [0.05, 0.1) is 7.11 Å². The summed E-state index contributed by atoms with van der Waals surface area (Å²) < 4.78 is 4.40. The molecule has 0 aliphatic heterocycles. The van der Waals surface area contributed by atoms with Crippen molar-refractivity contribution in [2.45, 2.75) is 6.04 Å². The van der Waals surface area contributed by atoms with E-state index in [9.17, 15) is 4.79 Å². The number of rotatable bonds is 5. The third kappa shape index (κ3) is 4.32. The van der Waals surface area contributed by atoms with Crippen molar-refractivity contribution in [3.63, 3.8) is 0 Å². The lowest BCUT2D eigenvalue weighted by Gasteiger charge is -2.05. The van der Waals surface area contributed by atoms with Crippen LogP contribution in [0.1, 0.15) is 0 Å². The minimum Gasteiger partial charge on any atom is -0.467 e. The van der Waals surface area contributed by atoms with E-state index in [4.69, 9.17) is 23.6 Å². The van der Waals surface area contributed by atoms with Gasteiger partial charge in [-0.05, 0) is 11.8 Å². The van der Waals surface area contributed by atoms with Crippen molar-refractivity contribution in [2.24, 2.45) is 10.3 Å². The third-order valence-electron chi connectivity index (χ3n) is 0.979. The highest BCUT2D eigenvalue weighted by Gasteiger charge is 2.17. The molecule has 0 heterocycles. The molecule has 0 bridgehead atoms. The first-order chi connectivity index (χ1) is 5.76. The zero-order valence-electron chi connectivity index (χ0n) is 6.25. The molecular weight excluding hydrogens is 207 g/mol. The summed E-state index contributed by atoms with van der Waals surface area (Å²) >= 11 is 10.1. The number of halogens is 2. The maximum Gasteiger partial charge on any atom is 0.334 e. The van der Waals surface area contributed by atoms with Crippen LogP contribution in [0.2, 0.25) is 0 Å². The molecule has 1 atom stereocenters. The molecule has 8 heteroatoms. The van der Waals surface area contributed by atoms with Crippen molar-refractivity contribution < 1.29 is 9.53 Å². The molecule has 1 unspecified atom stereocenters. The van der Waals surface area contributed by atoms with Crippen LogP contribution in [-0.2, 0) is 9.53 Å². The van der Waals surface area contributed by atoms with E-state index in [2.05, 4.69) is 19.9 Å².